The van der Waals surface area contributed by atoms with Crippen LogP contribution < -0.4 is 10.5 Å². The number of nitrogens with two attached hydrogens (primary N) is 1. The highest BCUT2D eigenvalue weighted by molar-refractivity contribution is 5.92. The molecule has 2 atom stereocenters. The zero-order chi connectivity index (χ0) is 18.8. The topological polar surface area (TPSA) is 91.1 Å². The standard InChI is InChI=1S/C18H26N2O5/c1-18(2,3)25-17(22)20-10-12(19)9-14(20)11-6-7-13(16(21)24-5)15(8-11)23-4/h6-8,12,14H,9-10,19H2,1-5H3/t12-,14+/m1/s1. The van der Waals surface area contributed by atoms with Gasteiger partial charge in [0.15, 0.2) is 0 Å². The Morgan fingerprint density at radius 2 is 1.92 bits per heavy atom. The van der Waals surface area contributed by atoms with Crippen LogP contribution in [-0.2, 0) is 9.47 Å². The van der Waals surface area contributed by atoms with Crippen molar-refractivity contribution in [2.75, 3.05) is 20.8 Å². The monoisotopic (exact) mass is 350 g/mol. The normalized spacial score (nSPS) is 20.3. The van der Waals surface area contributed by atoms with Crippen LogP contribution in [0.3, 0.4) is 0 Å². The Hall–Kier alpha value is -2.28. The molecule has 0 spiro atoms. The average molecular weight is 350 g/mol. The number of esters is 1. The number of carbonyl (C=O) groups is 2. The minimum atomic E-state index is -0.583. The number of hydrogen-bond acceptors (Lipinski definition) is 6. The summed E-state index contributed by atoms with van der Waals surface area (Å²) in [6, 6.07) is 4.80. The minimum Gasteiger partial charge on any atom is -0.496 e. The first-order valence-electron chi connectivity index (χ1n) is 8.17. The van der Waals surface area contributed by atoms with E-state index in [0.717, 1.165) is 5.56 Å². The number of rotatable bonds is 3. The molecule has 2 N–H and O–H groups in total. The predicted octanol–water partition coefficient (Wildman–Crippen LogP) is 2.49. The molecule has 1 aromatic rings. The molecule has 0 bridgehead atoms. The van der Waals surface area contributed by atoms with Gasteiger partial charge in [-0.25, -0.2) is 9.59 Å². The van der Waals surface area contributed by atoms with Gasteiger partial charge in [-0.2, -0.15) is 0 Å². The SMILES string of the molecule is COC(=O)c1ccc([C@@H]2C[C@@H](N)CN2C(=O)OC(C)(C)C)cc1OC. The van der Waals surface area contributed by atoms with Crippen LogP contribution in [0.1, 0.15) is 49.2 Å². The van der Waals surface area contributed by atoms with Crippen LogP contribution in [0.2, 0.25) is 0 Å². The minimum absolute atomic E-state index is 0.135. The molecule has 138 valence electrons. The summed E-state index contributed by atoms with van der Waals surface area (Å²) in [5.74, 6) is -0.0792. The second-order valence-corrected chi connectivity index (χ2v) is 7.10. The summed E-state index contributed by atoms with van der Waals surface area (Å²) in [5.41, 5.74) is 6.66. The first-order chi connectivity index (χ1) is 11.7. The van der Waals surface area contributed by atoms with E-state index in [-0.39, 0.29) is 12.1 Å². The lowest BCUT2D eigenvalue weighted by Gasteiger charge is -2.29. The highest BCUT2D eigenvalue weighted by atomic mass is 16.6. The number of hydrogen-bond donors (Lipinski definition) is 1. The number of benzene rings is 1. The summed E-state index contributed by atoms with van der Waals surface area (Å²) in [6.45, 7) is 5.89. The molecule has 7 nitrogen and oxygen atoms in total. The van der Waals surface area contributed by atoms with Crippen molar-refractivity contribution in [3.8, 4) is 5.75 Å². The quantitative estimate of drug-likeness (QED) is 0.842. The average Bonchev–Trinajstić information content (AvgIpc) is 2.94. The van der Waals surface area contributed by atoms with Gasteiger partial charge in [-0.05, 0) is 44.9 Å². The predicted molar refractivity (Wildman–Crippen MR) is 92.6 cm³/mol. The van der Waals surface area contributed by atoms with E-state index < -0.39 is 17.7 Å². The van der Waals surface area contributed by atoms with Crippen LogP contribution in [0.5, 0.6) is 5.75 Å². The smallest absolute Gasteiger partial charge is 0.410 e. The van der Waals surface area contributed by atoms with Crippen molar-refractivity contribution in [2.24, 2.45) is 5.73 Å². The van der Waals surface area contributed by atoms with E-state index in [1.54, 1.807) is 23.1 Å². The fourth-order valence-corrected chi connectivity index (χ4v) is 2.90. The molecule has 0 unspecified atom stereocenters. The van der Waals surface area contributed by atoms with Gasteiger partial charge >= 0.3 is 12.1 Å². The van der Waals surface area contributed by atoms with Gasteiger partial charge < -0.3 is 19.9 Å². The lowest BCUT2D eigenvalue weighted by Crippen LogP contribution is -2.38. The van der Waals surface area contributed by atoms with E-state index in [2.05, 4.69) is 0 Å². The number of amides is 1. The Morgan fingerprint density at radius 1 is 1.24 bits per heavy atom. The van der Waals surface area contributed by atoms with E-state index in [0.29, 0.717) is 24.3 Å². The van der Waals surface area contributed by atoms with Crippen molar-refractivity contribution in [3.05, 3.63) is 29.3 Å². The van der Waals surface area contributed by atoms with Gasteiger partial charge in [0, 0.05) is 12.6 Å². The molecule has 1 fully saturated rings. The van der Waals surface area contributed by atoms with Gasteiger partial charge in [0.1, 0.15) is 16.9 Å². The van der Waals surface area contributed by atoms with Crippen molar-refractivity contribution in [1.82, 2.24) is 4.90 Å². The third-order valence-corrected chi connectivity index (χ3v) is 3.98. The molecule has 1 aromatic carbocycles. The van der Waals surface area contributed by atoms with Gasteiger partial charge in [0.2, 0.25) is 0 Å². The van der Waals surface area contributed by atoms with Crippen LogP contribution in [-0.4, -0.2) is 49.4 Å². The van der Waals surface area contributed by atoms with Crippen molar-refractivity contribution in [3.63, 3.8) is 0 Å². The van der Waals surface area contributed by atoms with Crippen LogP contribution in [0.25, 0.3) is 0 Å². The molecule has 0 radical (unpaired) electrons. The molecule has 1 aliphatic heterocycles. The second kappa shape index (κ2) is 7.31. The van der Waals surface area contributed by atoms with Crippen LogP contribution in [0.15, 0.2) is 18.2 Å². The molecule has 0 saturated carbocycles. The van der Waals surface area contributed by atoms with Gasteiger partial charge in [-0.3, -0.25) is 4.90 Å². The summed E-state index contributed by atoms with van der Waals surface area (Å²) in [6.07, 6.45) is 0.210. The van der Waals surface area contributed by atoms with Crippen LogP contribution in [0, 0.1) is 0 Å². The number of nitrogens with zero attached hydrogens (tertiary/aromatic N) is 1. The molecule has 1 aliphatic rings. The first-order valence-corrected chi connectivity index (χ1v) is 8.17. The van der Waals surface area contributed by atoms with E-state index in [9.17, 15) is 9.59 Å². The molecule has 2 rings (SSSR count). The maximum Gasteiger partial charge on any atom is 0.410 e. The van der Waals surface area contributed by atoms with E-state index in [1.165, 1.54) is 14.2 Å². The second-order valence-electron chi connectivity index (χ2n) is 7.10. The molecule has 1 saturated heterocycles. The lowest BCUT2D eigenvalue weighted by molar-refractivity contribution is 0.0222. The molecular formula is C18H26N2O5. The zero-order valence-electron chi connectivity index (χ0n) is 15.4. The third kappa shape index (κ3) is 4.42. The zero-order valence-corrected chi connectivity index (χ0v) is 15.4. The van der Waals surface area contributed by atoms with E-state index >= 15 is 0 Å². The van der Waals surface area contributed by atoms with Gasteiger partial charge in [-0.15, -0.1) is 0 Å². The first kappa shape index (κ1) is 19.1. The summed E-state index contributed by atoms with van der Waals surface area (Å²) in [7, 11) is 2.80. The van der Waals surface area contributed by atoms with Crippen molar-refractivity contribution in [1.29, 1.82) is 0 Å². The summed E-state index contributed by atoms with van der Waals surface area (Å²) < 4.78 is 15.5. The maximum atomic E-state index is 12.5. The molecule has 25 heavy (non-hydrogen) atoms. The van der Waals surface area contributed by atoms with Crippen molar-refractivity contribution in [2.45, 2.75) is 44.9 Å². The number of methoxy groups -OCH3 is 2. The number of likely N-dealkylation sites (tertiary alicyclic amines) is 1. The molecular weight excluding hydrogens is 324 g/mol. The Morgan fingerprint density at radius 3 is 2.48 bits per heavy atom. The number of ether oxygens (including phenoxy) is 3. The van der Waals surface area contributed by atoms with Crippen LogP contribution >= 0.6 is 0 Å². The van der Waals surface area contributed by atoms with Gasteiger partial charge in [-0.1, -0.05) is 6.07 Å². The molecule has 7 heteroatoms. The Bertz CT molecular complexity index is 653. The highest BCUT2D eigenvalue weighted by Gasteiger charge is 2.37. The summed E-state index contributed by atoms with van der Waals surface area (Å²) >= 11 is 0. The Labute approximate surface area is 148 Å². The van der Waals surface area contributed by atoms with Crippen molar-refractivity contribution >= 4 is 12.1 Å². The van der Waals surface area contributed by atoms with Crippen LogP contribution in [0.4, 0.5) is 4.79 Å². The summed E-state index contributed by atoms with van der Waals surface area (Å²) in [5, 5.41) is 0. The highest BCUT2D eigenvalue weighted by Crippen LogP contribution is 2.35. The third-order valence-electron chi connectivity index (χ3n) is 3.98. The fraction of sp³-hybridized carbons (Fsp3) is 0.556. The maximum absolute atomic E-state index is 12.5. The summed E-state index contributed by atoms with van der Waals surface area (Å²) in [4.78, 5) is 25.9. The van der Waals surface area contributed by atoms with E-state index in [4.69, 9.17) is 19.9 Å². The fourth-order valence-electron chi connectivity index (χ4n) is 2.90. The Kier molecular flexibility index (Phi) is 5.57. The molecule has 1 heterocycles. The van der Waals surface area contributed by atoms with Gasteiger partial charge in [0.05, 0.1) is 20.3 Å². The Balaban J connectivity index is 2.31. The van der Waals surface area contributed by atoms with Gasteiger partial charge in [0.25, 0.3) is 0 Å². The molecule has 1 amide bonds. The molecule has 0 aliphatic carbocycles. The van der Waals surface area contributed by atoms with Crippen molar-refractivity contribution < 1.29 is 23.8 Å². The number of carbonyl (C=O) groups excluding carboxylic acids is 2. The largest absolute Gasteiger partial charge is 0.496 e. The lowest BCUT2D eigenvalue weighted by atomic mass is 10.0. The van der Waals surface area contributed by atoms with E-state index in [1.807, 2.05) is 20.8 Å². The molecule has 0 aromatic heterocycles.